The van der Waals surface area contributed by atoms with E-state index in [1.807, 2.05) is 0 Å². The average Bonchev–Trinajstić information content (AvgIpc) is 2.49. The summed E-state index contributed by atoms with van der Waals surface area (Å²) in [6.07, 6.45) is 5.42. The molecule has 3 nitrogen and oxygen atoms in total. The van der Waals surface area contributed by atoms with Gasteiger partial charge in [0.15, 0.2) is 0 Å². The third kappa shape index (κ3) is 4.94. The smallest absolute Gasteiger partial charge is 0.0221 e. The summed E-state index contributed by atoms with van der Waals surface area (Å²) in [4.78, 5) is 8.13. The summed E-state index contributed by atoms with van der Waals surface area (Å²) in [5.74, 6) is 0.937. The lowest BCUT2D eigenvalue weighted by molar-refractivity contribution is 0.0445. The Hall–Kier alpha value is -0.120. The zero-order chi connectivity index (χ0) is 15.2. The Kier molecular flexibility index (Phi) is 6.97. The average molecular weight is 296 g/mol. The molecule has 0 aromatic heterocycles. The Morgan fingerprint density at radius 1 is 1.00 bits per heavy atom. The van der Waals surface area contributed by atoms with Crippen LogP contribution in [0.4, 0.5) is 0 Å². The van der Waals surface area contributed by atoms with Crippen molar-refractivity contribution in [2.45, 2.75) is 65.5 Å². The normalized spacial score (nSPS) is 27.6. The van der Waals surface area contributed by atoms with Crippen LogP contribution in [-0.2, 0) is 0 Å². The van der Waals surface area contributed by atoms with Gasteiger partial charge in [0.1, 0.15) is 0 Å². The fourth-order valence-electron chi connectivity index (χ4n) is 4.09. The maximum Gasteiger partial charge on any atom is 0.0221 e. The Balaban J connectivity index is 1.77. The van der Waals surface area contributed by atoms with E-state index < -0.39 is 0 Å². The molecule has 0 bridgehead atoms. The Labute approximate surface area is 132 Å². The fraction of sp³-hybridized carbons (Fsp3) is 1.00. The Bertz CT molecular complexity index is 284. The maximum absolute atomic E-state index is 2.81. The van der Waals surface area contributed by atoms with Crippen molar-refractivity contribution >= 4 is 0 Å². The highest BCUT2D eigenvalue weighted by Gasteiger charge is 2.29. The number of hydrogen-bond acceptors (Lipinski definition) is 3. The molecule has 0 radical (unpaired) electrons. The van der Waals surface area contributed by atoms with Crippen molar-refractivity contribution in [1.82, 2.24) is 14.7 Å². The van der Waals surface area contributed by atoms with Crippen molar-refractivity contribution < 1.29 is 0 Å². The molecule has 0 aliphatic carbocycles. The molecule has 2 aliphatic heterocycles. The van der Waals surface area contributed by atoms with Gasteiger partial charge in [0.25, 0.3) is 0 Å². The first-order valence-corrected chi connectivity index (χ1v) is 9.34. The van der Waals surface area contributed by atoms with E-state index in [2.05, 4.69) is 42.4 Å². The first-order chi connectivity index (χ1) is 10.1. The molecule has 0 spiro atoms. The fourth-order valence-corrected chi connectivity index (χ4v) is 4.09. The third-order valence-corrected chi connectivity index (χ3v) is 5.57. The van der Waals surface area contributed by atoms with Gasteiger partial charge in [0, 0.05) is 38.3 Å². The minimum absolute atomic E-state index is 0.729. The summed E-state index contributed by atoms with van der Waals surface area (Å²) in [7, 11) is 0. The molecule has 0 N–H and O–H groups in total. The summed E-state index contributed by atoms with van der Waals surface area (Å²) in [5, 5.41) is 0. The topological polar surface area (TPSA) is 9.72 Å². The van der Waals surface area contributed by atoms with Gasteiger partial charge in [0.2, 0.25) is 0 Å². The zero-order valence-electron chi connectivity index (χ0n) is 14.9. The second-order valence-corrected chi connectivity index (χ2v) is 7.43. The van der Waals surface area contributed by atoms with Gasteiger partial charge in [-0.05, 0) is 65.1 Å². The summed E-state index contributed by atoms with van der Waals surface area (Å²) in [6.45, 7) is 18.5. The highest BCUT2D eigenvalue weighted by molar-refractivity contribution is 4.84. The molecule has 0 saturated carbocycles. The van der Waals surface area contributed by atoms with Crippen molar-refractivity contribution in [3.63, 3.8) is 0 Å². The molecule has 1 unspecified atom stereocenters. The van der Waals surface area contributed by atoms with Crippen LogP contribution in [0.15, 0.2) is 0 Å². The van der Waals surface area contributed by atoms with Gasteiger partial charge >= 0.3 is 0 Å². The molecule has 2 saturated heterocycles. The first kappa shape index (κ1) is 17.2. The molecular formula is C18H37N3. The van der Waals surface area contributed by atoms with Gasteiger partial charge in [0.05, 0.1) is 0 Å². The van der Waals surface area contributed by atoms with Crippen LogP contribution in [-0.4, -0.2) is 72.6 Å². The lowest BCUT2D eigenvalue weighted by Gasteiger charge is -2.44. The molecule has 1 atom stereocenters. The van der Waals surface area contributed by atoms with Crippen LogP contribution in [0.2, 0.25) is 0 Å². The number of piperazine rings is 1. The quantitative estimate of drug-likeness (QED) is 0.746. The van der Waals surface area contributed by atoms with E-state index in [0.717, 1.165) is 18.0 Å². The molecular weight excluding hydrogens is 258 g/mol. The van der Waals surface area contributed by atoms with Crippen molar-refractivity contribution in [1.29, 1.82) is 0 Å². The number of likely N-dealkylation sites (tertiary alicyclic amines) is 1. The van der Waals surface area contributed by atoms with Crippen molar-refractivity contribution in [2.24, 2.45) is 5.92 Å². The molecule has 0 amide bonds. The van der Waals surface area contributed by atoms with Crippen LogP contribution in [0.5, 0.6) is 0 Å². The summed E-state index contributed by atoms with van der Waals surface area (Å²) < 4.78 is 0. The molecule has 2 aliphatic rings. The Morgan fingerprint density at radius 3 is 2.29 bits per heavy atom. The highest BCUT2D eigenvalue weighted by Crippen LogP contribution is 2.23. The van der Waals surface area contributed by atoms with Gasteiger partial charge in [-0.25, -0.2) is 0 Å². The first-order valence-electron chi connectivity index (χ1n) is 9.34. The summed E-state index contributed by atoms with van der Waals surface area (Å²) >= 11 is 0. The Morgan fingerprint density at radius 2 is 1.71 bits per heavy atom. The number of piperidine rings is 1. The number of nitrogens with zero attached hydrogens (tertiary/aromatic N) is 3. The van der Waals surface area contributed by atoms with E-state index in [0.29, 0.717) is 0 Å². The van der Waals surface area contributed by atoms with Gasteiger partial charge in [-0.15, -0.1) is 0 Å². The maximum atomic E-state index is 2.81. The highest BCUT2D eigenvalue weighted by atomic mass is 15.3. The predicted molar refractivity (Wildman–Crippen MR) is 91.8 cm³/mol. The minimum Gasteiger partial charge on any atom is -0.301 e. The van der Waals surface area contributed by atoms with Crippen molar-refractivity contribution in [3.8, 4) is 0 Å². The molecule has 2 rings (SSSR count). The lowest BCUT2D eigenvalue weighted by atomic mass is 9.94. The molecule has 2 heterocycles. The molecule has 0 aromatic carbocycles. The van der Waals surface area contributed by atoms with Gasteiger partial charge in [-0.2, -0.15) is 0 Å². The van der Waals surface area contributed by atoms with E-state index >= 15 is 0 Å². The van der Waals surface area contributed by atoms with Crippen LogP contribution >= 0.6 is 0 Å². The minimum atomic E-state index is 0.729. The van der Waals surface area contributed by atoms with Crippen LogP contribution in [0.25, 0.3) is 0 Å². The second-order valence-electron chi connectivity index (χ2n) is 7.43. The summed E-state index contributed by atoms with van der Waals surface area (Å²) in [5.41, 5.74) is 0. The van der Waals surface area contributed by atoms with Gasteiger partial charge in [-0.1, -0.05) is 13.8 Å². The predicted octanol–water partition coefficient (Wildman–Crippen LogP) is 2.91. The SMILES string of the molecule is CCCN1CCN(CC2CCN(C(C)C)CC2)C(CC)C1. The van der Waals surface area contributed by atoms with E-state index in [1.165, 1.54) is 71.5 Å². The van der Waals surface area contributed by atoms with E-state index in [9.17, 15) is 0 Å². The van der Waals surface area contributed by atoms with E-state index in [-0.39, 0.29) is 0 Å². The third-order valence-electron chi connectivity index (χ3n) is 5.57. The standard InChI is InChI=1S/C18H37N3/c1-5-9-19-12-13-21(18(6-2)15-19)14-17-7-10-20(11-8-17)16(3)4/h16-18H,5-15H2,1-4H3. The second kappa shape index (κ2) is 8.50. The summed E-state index contributed by atoms with van der Waals surface area (Å²) in [6, 6.07) is 1.53. The van der Waals surface area contributed by atoms with Crippen molar-refractivity contribution in [2.75, 3.05) is 45.8 Å². The molecule has 2 fully saturated rings. The largest absolute Gasteiger partial charge is 0.301 e. The van der Waals surface area contributed by atoms with E-state index in [4.69, 9.17) is 0 Å². The van der Waals surface area contributed by atoms with E-state index in [1.54, 1.807) is 0 Å². The van der Waals surface area contributed by atoms with Crippen LogP contribution in [0, 0.1) is 5.92 Å². The lowest BCUT2D eigenvalue weighted by Crippen LogP contribution is -2.54. The van der Waals surface area contributed by atoms with Crippen LogP contribution in [0.1, 0.15) is 53.4 Å². The van der Waals surface area contributed by atoms with Crippen molar-refractivity contribution in [3.05, 3.63) is 0 Å². The van der Waals surface area contributed by atoms with Crippen LogP contribution < -0.4 is 0 Å². The monoisotopic (exact) mass is 295 g/mol. The molecule has 124 valence electrons. The molecule has 0 aromatic rings. The zero-order valence-corrected chi connectivity index (χ0v) is 14.9. The number of rotatable bonds is 6. The number of hydrogen-bond donors (Lipinski definition) is 0. The molecule has 3 heteroatoms. The van der Waals surface area contributed by atoms with Gasteiger partial charge in [-0.3, -0.25) is 4.90 Å². The van der Waals surface area contributed by atoms with Crippen LogP contribution in [0.3, 0.4) is 0 Å². The van der Waals surface area contributed by atoms with Gasteiger partial charge < -0.3 is 9.80 Å². The molecule has 21 heavy (non-hydrogen) atoms.